The van der Waals surface area contributed by atoms with Crippen molar-refractivity contribution in [2.75, 3.05) is 0 Å². The van der Waals surface area contributed by atoms with Crippen molar-refractivity contribution in [1.29, 1.82) is 0 Å². The Morgan fingerprint density at radius 1 is 0.875 bits per heavy atom. The summed E-state index contributed by atoms with van der Waals surface area (Å²) in [7, 11) is 0. The number of aryl methyl sites for hydroxylation is 1. The topological polar surface area (TPSA) is 66.2 Å². The molecule has 2 aromatic carbocycles. The molecule has 0 radical (unpaired) electrons. The summed E-state index contributed by atoms with van der Waals surface area (Å²) in [6.45, 7) is 4.93. The lowest BCUT2D eigenvalue weighted by Crippen LogP contribution is -2.09. The summed E-state index contributed by atoms with van der Waals surface area (Å²) in [6, 6.07) is 23.3. The quantitative estimate of drug-likeness (QED) is 0.375. The van der Waals surface area contributed by atoms with Crippen LogP contribution in [0.25, 0.3) is 0 Å². The number of hydrogen-bond acceptors (Lipinski definition) is 5. The van der Waals surface area contributed by atoms with Gasteiger partial charge in [-0.15, -0.1) is 0 Å². The van der Waals surface area contributed by atoms with Crippen molar-refractivity contribution in [2.24, 2.45) is 0 Å². The average Bonchev–Trinajstić information content (AvgIpc) is 3.10. The molecule has 0 aliphatic heterocycles. The predicted octanol–water partition coefficient (Wildman–Crippen LogP) is 4.88. The standard InChI is InChI=1S/C26H25N3O3/c1-19-25(20(2)29(28-19)16-21-8-4-3-5-9-21)26(30)32-17-22-11-13-24(14-12-22)31-18-23-10-6-7-15-27-23/h3-15H,16-18H2,1-2H3. The maximum absolute atomic E-state index is 12.7. The highest BCUT2D eigenvalue weighted by Gasteiger charge is 2.20. The Morgan fingerprint density at radius 3 is 2.34 bits per heavy atom. The second-order valence-electron chi connectivity index (χ2n) is 7.52. The van der Waals surface area contributed by atoms with E-state index >= 15 is 0 Å². The van der Waals surface area contributed by atoms with Crippen LogP contribution < -0.4 is 4.74 Å². The van der Waals surface area contributed by atoms with Crippen molar-refractivity contribution >= 4 is 5.97 Å². The van der Waals surface area contributed by atoms with Gasteiger partial charge >= 0.3 is 5.97 Å². The minimum atomic E-state index is -0.366. The molecule has 162 valence electrons. The van der Waals surface area contributed by atoms with Crippen LogP contribution in [0.2, 0.25) is 0 Å². The van der Waals surface area contributed by atoms with E-state index in [9.17, 15) is 4.79 Å². The molecule has 6 heteroatoms. The van der Waals surface area contributed by atoms with Gasteiger partial charge in [-0.3, -0.25) is 9.67 Å². The van der Waals surface area contributed by atoms with E-state index in [1.54, 1.807) is 6.20 Å². The van der Waals surface area contributed by atoms with Crippen LogP contribution in [0, 0.1) is 13.8 Å². The molecular formula is C26H25N3O3. The monoisotopic (exact) mass is 427 g/mol. The average molecular weight is 428 g/mol. The van der Waals surface area contributed by atoms with Crippen LogP contribution in [0.4, 0.5) is 0 Å². The maximum Gasteiger partial charge on any atom is 0.342 e. The normalized spacial score (nSPS) is 10.7. The number of rotatable bonds is 8. The highest BCUT2D eigenvalue weighted by molar-refractivity contribution is 5.91. The molecule has 0 N–H and O–H groups in total. The van der Waals surface area contributed by atoms with Gasteiger partial charge in [0.1, 0.15) is 24.5 Å². The molecule has 0 spiro atoms. The smallest absolute Gasteiger partial charge is 0.342 e. The molecule has 0 aliphatic carbocycles. The van der Waals surface area contributed by atoms with Crippen molar-refractivity contribution in [3.05, 3.63) is 113 Å². The number of nitrogens with zero attached hydrogens (tertiary/aromatic N) is 3. The summed E-state index contributed by atoms with van der Waals surface area (Å²) in [5.74, 6) is 0.370. The predicted molar refractivity (Wildman–Crippen MR) is 121 cm³/mol. The summed E-state index contributed by atoms with van der Waals surface area (Å²) in [5.41, 5.74) is 4.87. The molecule has 0 saturated carbocycles. The van der Waals surface area contributed by atoms with E-state index in [0.717, 1.165) is 28.3 Å². The number of aromatic nitrogens is 3. The first-order valence-corrected chi connectivity index (χ1v) is 10.5. The van der Waals surface area contributed by atoms with Gasteiger partial charge in [0.2, 0.25) is 0 Å². The van der Waals surface area contributed by atoms with E-state index in [-0.39, 0.29) is 12.6 Å². The Hall–Kier alpha value is -3.93. The van der Waals surface area contributed by atoms with Gasteiger partial charge < -0.3 is 9.47 Å². The number of esters is 1. The molecule has 0 saturated heterocycles. The van der Waals surface area contributed by atoms with Crippen molar-refractivity contribution in [1.82, 2.24) is 14.8 Å². The number of carbonyl (C=O) groups excluding carboxylic acids is 1. The van der Waals surface area contributed by atoms with E-state index in [0.29, 0.717) is 24.4 Å². The summed E-state index contributed by atoms with van der Waals surface area (Å²) < 4.78 is 13.2. The first kappa shape index (κ1) is 21.3. The molecule has 0 unspecified atom stereocenters. The summed E-state index contributed by atoms with van der Waals surface area (Å²) in [6.07, 6.45) is 1.74. The third kappa shape index (κ3) is 5.21. The number of ether oxygens (including phenoxy) is 2. The van der Waals surface area contributed by atoms with E-state index in [1.165, 1.54) is 0 Å². The number of carbonyl (C=O) groups is 1. The molecule has 0 bridgehead atoms. The van der Waals surface area contributed by atoms with Crippen LogP contribution in [0.1, 0.15) is 38.6 Å². The highest BCUT2D eigenvalue weighted by atomic mass is 16.5. The van der Waals surface area contributed by atoms with Crippen LogP contribution >= 0.6 is 0 Å². The number of hydrogen-bond donors (Lipinski definition) is 0. The largest absolute Gasteiger partial charge is 0.487 e. The number of pyridine rings is 1. The summed E-state index contributed by atoms with van der Waals surface area (Å²) >= 11 is 0. The Morgan fingerprint density at radius 2 is 1.62 bits per heavy atom. The fourth-order valence-electron chi connectivity index (χ4n) is 3.45. The van der Waals surface area contributed by atoms with E-state index in [4.69, 9.17) is 9.47 Å². The fraction of sp³-hybridized carbons (Fsp3) is 0.192. The number of benzene rings is 2. The maximum atomic E-state index is 12.7. The van der Waals surface area contributed by atoms with Gasteiger partial charge in [-0.2, -0.15) is 5.10 Å². The molecule has 0 fully saturated rings. The van der Waals surface area contributed by atoms with Crippen molar-refractivity contribution in [3.8, 4) is 5.75 Å². The Kier molecular flexibility index (Phi) is 6.60. The molecule has 2 aromatic heterocycles. The molecule has 0 amide bonds. The zero-order chi connectivity index (χ0) is 22.3. The Bertz CT molecular complexity index is 1170. The van der Waals surface area contributed by atoms with E-state index in [1.807, 2.05) is 91.3 Å². The molecule has 6 nitrogen and oxygen atoms in total. The minimum absolute atomic E-state index is 0.183. The molecule has 4 aromatic rings. The van der Waals surface area contributed by atoms with Crippen molar-refractivity contribution < 1.29 is 14.3 Å². The zero-order valence-electron chi connectivity index (χ0n) is 18.2. The van der Waals surface area contributed by atoms with Gasteiger partial charge in [-0.25, -0.2) is 4.79 Å². The molecule has 2 heterocycles. The zero-order valence-corrected chi connectivity index (χ0v) is 18.2. The van der Waals surface area contributed by atoms with Gasteiger partial charge in [-0.05, 0) is 49.2 Å². The SMILES string of the molecule is Cc1nn(Cc2ccccc2)c(C)c1C(=O)OCc1ccc(OCc2ccccn2)cc1. The Balaban J connectivity index is 1.34. The van der Waals surface area contributed by atoms with Crippen LogP contribution in [-0.4, -0.2) is 20.7 Å². The molecule has 4 rings (SSSR count). The Labute approximate surface area is 187 Å². The van der Waals surface area contributed by atoms with Crippen LogP contribution in [0.5, 0.6) is 5.75 Å². The molecular weight excluding hydrogens is 402 g/mol. The van der Waals surface area contributed by atoms with E-state index in [2.05, 4.69) is 10.1 Å². The summed E-state index contributed by atoms with van der Waals surface area (Å²) in [5, 5.41) is 4.53. The highest BCUT2D eigenvalue weighted by Crippen LogP contribution is 2.18. The van der Waals surface area contributed by atoms with E-state index < -0.39 is 0 Å². The minimum Gasteiger partial charge on any atom is -0.487 e. The van der Waals surface area contributed by atoms with Crippen molar-refractivity contribution in [3.63, 3.8) is 0 Å². The van der Waals surface area contributed by atoms with Crippen molar-refractivity contribution in [2.45, 2.75) is 33.6 Å². The second kappa shape index (κ2) is 9.92. The summed E-state index contributed by atoms with van der Waals surface area (Å²) in [4.78, 5) is 17.0. The lowest BCUT2D eigenvalue weighted by atomic mass is 10.2. The van der Waals surface area contributed by atoms with Crippen LogP contribution in [0.3, 0.4) is 0 Å². The lowest BCUT2D eigenvalue weighted by Gasteiger charge is -2.08. The molecule has 0 atom stereocenters. The van der Waals surface area contributed by atoms with Crippen LogP contribution in [0.15, 0.2) is 79.0 Å². The molecule has 32 heavy (non-hydrogen) atoms. The second-order valence-corrected chi connectivity index (χ2v) is 7.52. The van der Waals surface area contributed by atoms with Gasteiger partial charge in [0, 0.05) is 6.20 Å². The van der Waals surface area contributed by atoms with Gasteiger partial charge in [0.25, 0.3) is 0 Å². The van der Waals surface area contributed by atoms with Gasteiger partial charge in [-0.1, -0.05) is 48.5 Å². The lowest BCUT2D eigenvalue weighted by molar-refractivity contribution is 0.0471. The third-order valence-electron chi connectivity index (χ3n) is 5.17. The van der Waals surface area contributed by atoms with Crippen LogP contribution in [-0.2, 0) is 24.5 Å². The third-order valence-corrected chi connectivity index (χ3v) is 5.17. The van der Waals surface area contributed by atoms with Gasteiger partial charge in [0.05, 0.1) is 23.6 Å². The first-order valence-electron chi connectivity index (χ1n) is 10.5. The first-order chi connectivity index (χ1) is 15.6. The molecule has 0 aliphatic rings. The van der Waals surface area contributed by atoms with Gasteiger partial charge in [0.15, 0.2) is 0 Å². The fourth-order valence-corrected chi connectivity index (χ4v) is 3.45.